The highest BCUT2D eigenvalue weighted by molar-refractivity contribution is 5.87. The summed E-state index contributed by atoms with van der Waals surface area (Å²) in [5.74, 6) is 0. The Morgan fingerprint density at radius 3 is 1.39 bits per heavy atom. The molecule has 1 aromatic heterocycles. The Morgan fingerprint density at radius 2 is 0.893 bits per heavy atom. The number of nitrogens with one attached hydrogen (secondary N) is 1. The Balaban J connectivity index is 1.96. The fourth-order valence-corrected chi connectivity index (χ4v) is 4.41. The Bertz CT molecular complexity index is 1090. The van der Waals surface area contributed by atoms with Crippen LogP contribution < -0.4 is 0 Å². The van der Waals surface area contributed by atoms with Crippen molar-refractivity contribution >= 4 is 10.9 Å². The minimum absolute atomic E-state index is 0.399. The van der Waals surface area contributed by atoms with E-state index in [-0.39, 0.29) is 0 Å². The Kier molecular flexibility index (Phi) is 4.06. The Labute approximate surface area is 165 Å². The van der Waals surface area contributed by atoms with E-state index >= 15 is 0 Å². The van der Waals surface area contributed by atoms with Gasteiger partial charge in [0.1, 0.15) is 0 Å². The molecule has 0 spiro atoms. The van der Waals surface area contributed by atoms with Crippen molar-refractivity contribution in [3.05, 3.63) is 144 Å². The highest BCUT2D eigenvalue weighted by Gasteiger charge is 2.39. The van der Waals surface area contributed by atoms with Gasteiger partial charge in [-0.3, -0.25) is 0 Å². The van der Waals surface area contributed by atoms with Gasteiger partial charge in [0.05, 0.1) is 5.41 Å². The van der Waals surface area contributed by atoms with Gasteiger partial charge in [0.25, 0.3) is 0 Å². The van der Waals surface area contributed by atoms with Gasteiger partial charge in [-0.25, -0.2) is 0 Å². The van der Waals surface area contributed by atoms with E-state index in [1.54, 1.807) is 0 Å². The highest BCUT2D eigenvalue weighted by atomic mass is 14.7. The third kappa shape index (κ3) is 2.48. The van der Waals surface area contributed by atoms with Crippen LogP contribution >= 0.6 is 0 Å². The third-order valence-corrected chi connectivity index (χ3v) is 5.61. The lowest BCUT2D eigenvalue weighted by Gasteiger charge is -2.36. The van der Waals surface area contributed by atoms with Crippen molar-refractivity contribution in [3.8, 4) is 0 Å². The van der Waals surface area contributed by atoms with Crippen LogP contribution in [0.3, 0.4) is 0 Å². The number of benzene rings is 4. The van der Waals surface area contributed by atoms with E-state index in [2.05, 4.69) is 126 Å². The van der Waals surface area contributed by atoms with E-state index in [0.29, 0.717) is 0 Å². The maximum atomic E-state index is 3.50. The zero-order chi connectivity index (χ0) is 18.8. The fourth-order valence-electron chi connectivity index (χ4n) is 4.41. The number of rotatable bonds is 4. The summed E-state index contributed by atoms with van der Waals surface area (Å²) in [4.78, 5) is 3.50. The molecule has 1 N–H and O–H groups in total. The van der Waals surface area contributed by atoms with Crippen LogP contribution in [0.5, 0.6) is 0 Å². The molecule has 5 aromatic rings. The average Bonchev–Trinajstić information content (AvgIpc) is 3.21. The molecular formula is C27H21N. The van der Waals surface area contributed by atoms with E-state index in [9.17, 15) is 0 Å². The molecule has 0 radical (unpaired) electrons. The van der Waals surface area contributed by atoms with Crippen molar-refractivity contribution in [2.45, 2.75) is 5.41 Å². The van der Waals surface area contributed by atoms with E-state index in [1.807, 2.05) is 0 Å². The minimum atomic E-state index is -0.399. The molecule has 0 aliphatic rings. The molecule has 0 fully saturated rings. The lowest BCUT2D eigenvalue weighted by Crippen LogP contribution is -2.30. The smallest absolute Gasteiger partial charge is 0.0722 e. The van der Waals surface area contributed by atoms with Crippen molar-refractivity contribution < 1.29 is 0 Å². The summed E-state index contributed by atoms with van der Waals surface area (Å²) < 4.78 is 0. The summed E-state index contributed by atoms with van der Waals surface area (Å²) in [7, 11) is 0. The van der Waals surface area contributed by atoms with Crippen LogP contribution in [-0.2, 0) is 5.41 Å². The number of H-pyrrole nitrogens is 1. The van der Waals surface area contributed by atoms with Crippen molar-refractivity contribution in [2.75, 3.05) is 0 Å². The zero-order valence-corrected chi connectivity index (χ0v) is 15.5. The van der Waals surface area contributed by atoms with Gasteiger partial charge in [-0.1, -0.05) is 109 Å². The summed E-state index contributed by atoms with van der Waals surface area (Å²) in [5.41, 5.74) is 5.81. The van der Waals surface area contributed by atoms with Crippen molar-refractivity contribution in [1.82, 2.24) is 4.98 Å². The van der Waals surface area contributed by atoms with Crippen LogP contribution in [0.4, 0.5) is 0 Å². The molecule has 0 amide bonds. The lowest BCUT2D eigenvalue weighted by molar-refractivity contribution is 0.752. The van der Waals surface area contributed by atoms with Gasteiger partial charge < -0.3 is 4.98 Å². The van der Waals surface area contributed by atoms with Gasteiger partial charge in [-0.05, 0) is 28.3 Å². The van der Waals surface area contributed by atoms with Crippen molar-refractivity contribution in [1.29, 1.82) is 0 Å². The molecule has 1 heteroatoms. The Hall–Kier alpha value is -3.58. The second kappa shape index (κ2) is 6.86. The molecule has 0 aliphatic heterocycles. The third-order valence-electron chi connectivity index (χ3n) is 5.61. The molecular weight excluding hydrogens is 338 g/mol. The average molecular weight is 359 g/mol. The summed E-state index contributed by atoms with van der Waals surface area (Å²) in [6, 6.07) is 41.0. The van der Waals surface area contributed by atoms with Crippen molar-refractivity contribution in [3.63, 3.8) is 0 Å². The largest absolute Gasteiger partial charge is 0.361 e. The minimum Gasteiger partial charge on any atom is -0.361 e. The van der Waals surface area contributed by atoms with Gasteiger partial charge in [-0.15, -0.1) is 0 Å². The first-order valence-electron chi connectivity index (χ1n) is 9.64. The first kappa shape index (κ1) is 16.6. The maximum Gasteiger partial charge on any atom is 0.0722 e. The molecule has 0 unspecified atom stereocenters. The van der Waals surface area contributed by atoms with Gasteiger partial charge >= 0.3 is 0 Å². The summed E-state index contributed by atoms with van der Waals surface area (Å²) in [5, 5.41) is 1.25. The van der Waals surface area contributed by atoms with Crippen molar-refractivity contribution in [2.24, 2.45) is 0 Å². The van der Waals surface area contributed by atoms with E-state index in [0.717, 1.165) is 5.52 Å². The standard InChI is InChI=1S/C27H21N/c1-4-12-21(13-5-1)27(22-14-6-2-7-15-22,23-16-8-3-9-17-23)25-20-28-26-19-11-10-18-24(25)26/h1-20,28H. The predicted molar refractivity (Wildman–Crippen MR) is 117 cm³/mol. The zero-order valence-electron chi connectivity index (χ0n) is 15.5. The topological polar surface area (TPSA) is 15.8 Å². The number of aromatic nitrogens is 1. The molecule has 4 aromatic carbocycles. The van der Waals surface area contributed by atoms with Crippen LogP contribution in [0.15, 0.2) is 121 Å². The summed E-state index contributed by atoms with van der Waals surface area (Å²) >= 11 is 0. The SMILES string of the molecule is c1ccc(C(c2ccccc2)(c2ccccc2)c2c[nH]c3ccccc23)cc1. The molecule has 0 aliphatic carbocycles. The fraction of sp³-hybridized carbons (Fsp3) is 0.0370. The summed E-state index contributed by atoms with van der Waals surface area (Å²) in [6.07, 6.45) is 2.18. The number of hydrogen-bond donors (Lipinski definition) is 1. The van der Waals surface area contributed by atoms with E-state index in [1.165, 1.54) is 27.6 Å². The van der Waals surface area contributed by atoms with Gasteiger partial charge in [0.2, 0.25) is 0 Å². The van der Waals surface area contributed by atoms with Gasteiger partial charge in [0.15, 0.2) is 0 Å². The van der Waals surface area contributed by atoms with Crippen LogP contribution in [-0.4, -0.2) is 4.98 Å². The predicted octanol–water partition coefficient (Wildman–Crippen LogP) is 6.55. The first-order valence-corrected chi connectivity index (χ1v) is 9.64. The molecule has 0 saturated heterocycles. The second-order valence-electron chi connectivity index (χ2n) is 7.10. The van der Waals surface area contributed by atoms with Crippen LogP contribution in [0.1, 0.15) is 22.3 Å². The molecule has 0 bridgehead atoms. The normalized spacial score (nSPS) is 11.6. The monoisotopic (exact) mass is 359 g/mol. The lowest BCUT2D eigenvalue weighted by atomic mass is 9.65. The van der Waals surface area contributed by atoms with Gasteiger partial charge in [0, 0.05) is 17.1 Å². The first-order chi connectivity index (χ1) is 13.9. The maximum absolute atomic E-state index is 3.50. The molecule has 0 saturated carbocycles. The van der Waals surface area contributed by atoms with Crippen LogP contribution in [0.25, 0.3) is 10.9 Å². The number of fused-ring (bicyclic) bond motifs is 1. The number of hydrogen-bond acceptors (Lipinski definition) is 0. The van der Waals surface area contributed by atoms with Gasteiger partial charge in [-0.2, -0.15) is 0 Å². The van der Waals surface area contributed by atoms with Crippen LogP contribution in [0.2, 0.25) is 0 Å². The number of aromatic amines is 1. The molecule has 134 valence electrons. The molecule has 0 atom stereocenters. The quantitative estimate of drug-likeness (QED) is 0.350. The van der Waals surface area contributed by atoms with Crippen LogP contribution in [0, 0.1) is 0 Å². The summed E-state index contributed by atoms with van der Waals surface area (Å²) in [6.45, 7) is 0. The molecule has 5 rings (SSSR count). The highest BCUT2D eigenvalue weighted by Crippen LogP contribution is 2.47. The Morgan fingerprint density at radius 1 is 0.464 bits per heavy atom. The van der Waals surface area contributed by atoms with E-state index < -0.39 is 5.41 Å². The molecule has 28 heavy (non-hydrogen) atoms. The second-order valence-corrected chi connectivity index (χ2v) is 7.10. The van der Waals surface area contributed by atoms with E-state index in [4.69, 9.17) is 0 Å². The molecule has 1 heterocycles. The molecule has 1 nitrogen and oxygen atoms in total. The number of para-hydroxylation sites is 1.